The van der Waals surface area contributed by atoms with E-state index >= 15 is 0 Å². The van der Waals surface area contributed by atoms with Gasteiger partial charge in [-0.3, -0.25) is 19.3 Å². The van der Waals surface area contributed by atoms with E-state index in [-0.39, 0.29) is 57.6 Å². The second-order valence-electron chi connectivity index (χ2n) is 11.4. The molecule has 0 spiro atoms. The summed E-state index contributed by atoms with van der Waals surface area (Å²) in [6, 6.07) is 17.6. The highest BCUT2D eigenvalue weighted by Gasteiger charge is 2.57. The van der Waals surface area contributed by atoms with E-state index in [1.165, 1.54) is 6.92 Å². The van der Waals surface area contributed by atoms with Gasteiger partial charge in [0.25, 0.3) is 11.8 Å². The molecule has 0 aliphatic carbocycles. The van der Waals surface area contributed by atoms with Crippen LogP contribution in [0.3, 0.4) is 0 Å². The van der Waals surface area contributed by atoms with Crippen LogP contribution in [0.25, 0.3) is 0 Å². The van der Waals surface area contributed by atoms with Crippen LogP contribution in [0.4, 0.5) is 0 Å². The van der Waals surface area contributed by atoms with Crippen molar-refractivity contribution in [3.05, 3.63) is 103 Å². The topological polar surface area (TPSA) is 101 Å². The van der Waals surface area contributed by atoms with Crippen LogP contribution in [0.5, 0.6) is 0 Å². The number of esters is 1. The van der Waals surface area contributed by atoms with Gasteiger partial charge in [0, 0.05) is 13.5 Å². The normalized spacial score (nSPS) is 22.2. The summed E-state index contributed by atoms with van der Waals surface area (Å²) in [4.78, 5) is 41.9. The third-order valence-corrected chi connectivity index (χ3v) is 9.86. The number of amides is 2. The molecule has 3 aromatic carbocycles. The van der Waals surface area contributed by atoms with Gasteiger partial charge in [0.05, 0.1) is 51.0 Å². The molecule has 5 rings (SSSR count). The second-order valence-corrected chi connectivity index (χ2v) is 12.9. The van der Waals surface area contributed by atoms with Crippen molar-refractivity contribution in [3.63, 3.8) is 0 Å². The van der Waals surface area contributed by atoms with Gasteiger partial charge in [0.15, 0.2) is 12.4 Å². The Hall–Kier alpha value is -2.73. The number of carbonyl (C=O) groups excluding carboxylic acids is 3. The summed E-state index contributed by atoms with van der Waals surface area (Å²) in [6.45, 7) is 3.83. The summed E-state index contributed by atoms with van der Waals surface area (Å²) in [7, 11) is 0. The first-order valence-corrected chi connectivity index (χ1v) is 17.1. The Morgan fingerprint density at radius 1 is 0.771 bits per heavy atom. The highest BCUT2D eigenvalue weighted by atomic mass is 35.5. The Morgan fingerprint density at radius 2 is 1.33 bits per heavy atom. The lowest BCUT2D eigenvalue weighted by Gasteiger charge is -2.47. The highest BCUT2D eigenvalue weighted by molar-refractivity contribution is 6.55. The van der Waals surface area contributed by atoms with Gasteiger partial charge in [0.2, 0.25) is 0 Å². The molecule has 2 amide bonds. The van der Waals surface area contributed by atoms with E-state index in [1.807, 2.05) is 60.7 Å². The lowest BCUT2D eigenvalue weighted by molar-refractivity contribution is -0.293. The fourth-order valence-electron chi connectivity index (χ4n) is 5.78. The van der Waals surface area contributed by atoms with Gasteiger partial charge in [-0.2, -0.15) is 0 Å². The van der Waals surface area contributed by atoms with Gasteiger partial charge in [0.1, 0.15) is 18.2 Å². The van der Waals surface area contributed by atoms with E-state index in [1.54, 1.807) is 0 Å². The molecule has 2 aliphatic rings. The van der Waals surface area contributed by atoms with Crippen LogP contribution in [0.1, 0.15) is 65.0 Å². The number of unbranched alkanes of at least 4 members (excludes halogenated alkanes) is 2. The van der Waals surface area contributed by atoms with Gasteiger partial charge >= 0.3 is 5.97 Å². The molecular formula is C35H35Cl4NO8. The Morgan fingerprint density at radius 3 is 1.88 bits per heavy atom. The smallest absolute Gasteiger partial charge is 0.303 e. The molecule has 0 unspecified atom stereocenters. The van der Waals surface area contributed by atoms with E-state index in [9.17, 15) is 14.4 Å². The fraction of sp³-hybridized carbons (Fsp3) is 0.400. The molecule has 3 aromatic rings. The average molecular weight is 739 g/mol. The number of ether oxygens (including phenoxy) is 5. The van der Waals surface area contributed by atoms with Crippen molar-refractivity contribution in [3.8, 4) is 0 Å². The molecule has 2 aliphatic heterocycles. The predicted molar refractivity (Wildman–Crippen MR) is 182 cm³/mol. The molecule has 1 fully saturated rings. The number of hydrogen-bond donors (Lipinski definition) is 0. The molecule has 1 saturated heterocycles. The van der Waals surface area contributed by atoms with E-state index in [4.69, 9.17) is 70.1 Å². The quantitative estimate of drug-likeness (QED) is 0.0541. The summed E-state index contributed by atoms with van der Waals surface area (Å²) < 4.78 is 31.1. The molecule has 5 atom stereocenters. The number of rotatable bonds is 14. The molecule has 256 valence electrons. The van der Waals surface area contributed by atoms with Crippen molar-refractivity contribution in [1.29, 1.82) is 0 Å². The average Bonchev–Trinajstić information content (AvgIpc) is 3.34. The third-order valence-electron chi connectivity index (χ3n) is 8.06. The zero-order valence-electron chi connectivity index (χ0n) is 26.3. The first-order chi connectivity index (χ1) is 23.1. The minimum Gasteiger partial charge on any atom is -0.457 e. The van der Waals surface area contributed by atoms with E-state index in [0.29, 0.717) is 6.42 Å². The monoisotopic (exact) mass is 737 g/mol. The van der Waals surface area contributed by atoms with E-state index in [0.717, 1.165) is 28.9 Å². The summed E-state index contributed by atoms with van der Waals surface area (Å²) in [5.41, 5.74) is 1.32. The minimum absolute atomic E-state index is 0.0232. The van der Waals surface area contributed by atoms with Crippen LogP contribution in [-0.2, 0) is 41.7 Å². The third kappa shape index (κ3) is 8.01. The van der Waals surface area contributed by atoms with Crippen LogP contribution in [0.15, 0.2) is 60.7 Å². The Balaban J connectivity index is 1.56. The summed E-state index contributed by atoms with van der Waals surface area (Å²) >= 11 is 25.6. The zero-order valence-corrected chi connectivity index (χ0v) is 29.4. The summed E-state index contributed by atoms with van der Waals surface area (Å²) in [5.74, 6) is -2.23. The molecule has 9 nitrogen and oxygen atoms in total. The maximum atomic E-state index is 14.2. The molecule has 0 saturated carbocycles. The second kappa shape index (κ2) is 16.8. The number of benzene rings is 3. The van der Waals surface area contributed by atoms with Crippen molar-refractivity contribution >= 4 is 64.2 Å². The number of nitrogens with zero attached hydrogens (tertiary/aromatic N) is 1. The van der Waals surface area contributed by atoms with Crippen molar-refractivity contribution < 1.29 is 38.1 Å². The predicted octanol–water partition coefficient (Wildman–Crippen LogP) is 7.93. The summed E-state index contributed by atoms with van der Waals surface area (Å²) in [5, 5.41) is -0.764. The first-order valence-electron chi connectivity index (χ1n) is 15.6. The molecule has 0 bridgehead atoms. The van der Waals surface area contributed by atoms with Gasteiger partial charge in [-0.25, -0.2) is 0 Å². The van der Waals surface area contributed by atoms with Gasteiger partial charge in [-0.05, 0) is 17.5 Å². The molecule has 13 heteroatoms. The number of imide groups is 1. The molecule has 0 aromatic heterocycles. The van der Waals surface area contributed by atoms with Gasteiger partial charge < -0.3 is 23.7 Å². The van der Waals surface area contributed by atoms with Crippen LogP contribution >= 0.6 is 46.4 Å². The Labute approximate surface area is 299 Å². The molecular weight excluding hydrogens is 704 g/mol. The van der Waals surface area contributed by atoms with Gasteiger partial charge in [-0.1, -0.05) is 127 Å². The van der Waals surface area contributed by atoms with E-state index < -0.39 is 48.4 Å². The fourth-order valence-corrected chi connectivity index (χ4v) is 6.80. The molecule has 2 heterocycles. The maximum absolute atomic E-state index is 14.2. The molecule has 0 N–H and O–H groups in total. The number of halogens is 4. The van der Waals surface area contributed by atoms with Crippen molar-refractivity contribution in [2.75, 3.05) is 13.2 Å². The standard InChI is InChI=1S/C35H35Cl4NO8/c1-3-4-11-16-45-35-30(40-33(42)24-25(34(40)43)27(37)29(39)28(38)26(24)36)32(46-18-22-14-9-6-10-15-22)31(47-20(2)41)23(48-35)19-44-17-21-12-7-5-8-13-21/h5-10,12-15,23,30-32,35H,3-4,11,16-19H2,1-2H3/t23-,30-,31-,32-,35-/m1/s1. The molecule has 48 heavy (non-hydrogen) atoms. The van der Waals surface area contributed by atoms with Crippen molar-refractivity contribution in [2.24, 2.45) is 0 Å². The zero-order chi connectivity index (χ0) is 34.4. The lowest BCUT2D eigenvalue weighted by atomic mass is 9.94. The SMILES string of the molecule is CCCCCO[C@@H]1O[C@H](COCc2ccccc2)[C@@H](OC(C)=O)[C@H](OCc2ccccc2)[C@H]1N1C(=O)c2c(Cl)c(Cl)c(Cl)c(Cl)c2C1=O. The largest absolute Gasteiger partial charge is 0.457 e. The van der Waals surface area contributed by atoms with Crippen LogP contribution in [-0.4, -0.2) is 66.5 Å². The van der Waals surface area contributed by atoms with Crippen LogP contribution < -0.4 is 0 Å². The first kappa shape index (κ1) is 36.5. The number of carbonyl (C=O) groups is 3. The summed E-state index contributed by atoms with van der Waals surface area (Å²) in [6.07, 6.45) is -1.91. The number of fused-ring (bicyclic) bond motifs is 1. The Bertz CT molecular complexity index is 1560. The lowest BCUT2D eigenvalue weighted by Crippen LogP contribution is -2.67. The van der Waals surface area contributed by atoms with Crippen LogP contribution in [0.2, 0.25) is 20.1 Å². The van der Waals surface area contributed by atoms with Gasteiger partial charge in [-0.15, -0.1) is 0 Å². The molecule has 0 radical (unpaired) electrons. The number of hydrogen-bond acceptors (Lipinski definition) is 8. The maximum Gasteiger partial charge on any atom is 0.303 e. The van der Waals surface area contributed by atoms with Crippen LogP contribution in [0, 0.1) is 0 Å². The minimum atomic E-state index is -1.26. The van der Waals surface area contributed by atoms with E-state index in [2.05, 4.69) is 6.92 Å². The highest BCUT2D eigenvalue weighted by Crippen LogP contribution is 2.46. The van der Waals surface area contributed by atoms with Crippen molar-refractivity contribution in [2.45, 2.75) is 77.0 Å². The Kier molecular flexibility index (Phi) is 12.8. The van der Waals surface area contributed by atoms with Crippen molar-refractivity contribution in [1.82, 2.24) is 4.90 Å².